The number of carbonyl (C=O) groups is 1. The standard InChI is InChI=1S/C18H26F2N2O3.ClH/c1-24-16-12-13(8-9-15(16)25-18(19)20)17(23)22-11-10-21-14-6-4-2-3-5-7-14;/h8-9,12,14,18,21H,2-7,10-11H2,1H3,(H,22,23);1H. The minimum absolute atomic E-state index is 0. The molecule has 0 aliphatic heterocycles. The van der Waals surface area contributed by atoms with Crippen LogP contribution in [0, 0.1) is 0 Å². The second kappa shape index (κ2) is 11.9. The second-order valence-electron chi connectivity index (χ2n) is 6.14. The van der Waals surface area contributed by atoms with Crippen LogP contribution in [0.15, 0.2) is 18.2 Å². The number of halogens is 3. The Morgan fingerprint density at radius 1 is 1.15 bits per heavy atom. The Hall–Kier alpha value is -1.60. The van der Waals surface area contributed by atoms with Gasteiger partial charge < -0.3 is 20.1 Å². The number of hydrogen-bond acceptors (Lipinski definition) is 4. The highest BCUT2D eigenvalue weighted by Gasteiger charge is 2.14. The molecule has 148 valence electrons. The molecule has 1 aromatic carbocycles. The van der Waals surface area contributed by atoms with E-state index in [1.54, 1.807) is 0 Å². The number of alkyl halides is 2. The highest BCUT2D eigenvalue weighted by atomic mass is 35.5. The molecule has 0 atom stereocenters. The first-order valence-corrected chi connectivity index (χ1v) is 8.74. The average molecular weight is 393 g/mol. The summed E-state index contributed by atoms with van der Waals surface area (Å²) in [6.45, 7) is -1.73. The summed E-state index contributed by atoms with van der Waals surface area (Å²) in [5.41, 5.74) is 0.341. The van der Waals surface area contributed by atoms with Gasteiger partial charge in [0.25, 0.3) is 5.91 Å². The largest absolute Gasteiger partial charge is 0.493 e. The summed E-state index contributed by atoms with van der Waals surface area (Å²) in [6, 6.07) is 4.68. The zero-order valence-corrected chi connectivity index (χ0v) is 15.7. The molecule has 0 heterocycles. The van der Waals surface area contributed by atoms with E-state index in [9.17, 15) is 13.6 Å². The Balaban J connectivity index is 0.00000338. The van der Waals surface area contributed by atoms with Gasteiger partial charge in [-0.2, -0.15) is 8.78 Å². The summed E-state index contributed by atoms with van der Waals surface area (Å²) in [5, 5.41) is 6.30. The van der Waals surface area contributed by atoms with Gasteiger partial charge in [-0.05, 0) is 31.0 Å². The van der Waals surface area contributed by atoms with E-state index in [1.807, 2.05) is 0 Å². The molecular weight excluding hydrogens is 366 g/mol. The van der Waals surface area contributed by atoms with Crippen LogP contribution < -0.4 is 20.1 Å². The van der Waals surface area contributed by atoms with Gasteiger partial charge in [0.15, 0.2) is 11.5 Å². The van der Waals surface area contributed by atoms with E-state index in [2.05, 4.69) is 15.4 Å². The van der Waals surface area contributed by atoms with Crippen molar-refractivity contribution in [1.29, 1.82) is 0 Å². The van der Waals surface area contributed by atoms with Gasteiger partial charge in [-0.25, -0.2) is 0 Å². The van der Waals surface area contributed by atoms with Gasteiger partial charge in [-0.15, -0.1) is 12.4 Å². The van der Waals surface area contributed by atoms with Crippen molar-refractivity contribution in [3.05, 3.63) is 23.8 Å². The van der Waals surface area contributed by atoms with E-state index in [-0.39, 0.29) is 29.8 Å². The minimum Gasteiger partial charge on any atom is -0.493 e. The average Bonchev–Trinajstić information content (AvgIpc) is 2.87. The molecule has 2 rings (SSSR count). The lowest BCUT2D eigenvalue weighted by atomic mass is 10.1. The molecule has 0 radical (unpaired) electrons. The number of amides is 1. The molecule has 0 unspecified atom stereocenters. The van der Waals surface area contributed by atoms with Crippen LogP contribution >= 0.6 is 12.4 Å². The fraction of sp³-hybridized carbons (Fsp3) is 0.611. The predicted molar refractivity (Wildman–Crippen MR) is 98.7 cm³/mol. The van der Waals surface area contributed by atoms with Crippen LogP contribution in [0.2, 0.25) is 0 Å². The van der Waals surface area contributed by atoms with Crippen LogP contribution in [0.1, 0.15) is 48.9 Å². The first-order valence-electron chi connectivity index (χ1n) is 8.74. The predicted octanol–water partition coefficient (Wildman–Crippen LogP) is 3.76. The Morgan fingerprint density at radius 3 is 2.46 bits per heavy atom. The van der Waals surface area contributed by atoms with Crippen molar-refractivity contribution in [2.75, 3.05) is 20.2 Å². The van der Waals surface area contributed by atoms with E-state index in [4.69, 9.17) is 4.74 Å². The van der Waals surface area contributed by atoms with Gasteiger partial charge >= 0.3 is 6.61 Å². The lowest BCUT2D eigenvalue weighted by Crippen LogP contribution is -2.36. The molecule has 0 saturated heterocycles. The number of methoxy groups -OCH3 is 1. The van der Waals surface area contributed by atoms with Crippen molar-refractivity contribution in [1.82, 2.24) is 10.6 Å². The summed E-state index contributed by atoms with van der Waals surface area (Å²) in [7, 11) is 1.34. The lowest BCUT2D eigenvalue weighted by Gasteiger charge is -2.16. The molecule has 8 heteroatoms. The molecule has 1 aliphatic carbocycles. The van der Waals surface area contributed by atoms with E-state index < -0.39 is 6.61 Å². The van der Waals surface area contributed by atoms with Crippen molar-refractivity contribution in [3.8, 4) is 11.5 Å². The maximum atomic E-state index is 12.3. The topological polar surface area (TPSA) is 59.6 Å². The Kier molecular flexibility index (Phi) is 10.3. The van der Waals surface area contributed by atoms with Gasteiger partial charge in [0, 0.05) is 24.7 Å². The van der Waals surface area contributed by atoms with Crippen molar-refractivity contribution < 1.29 is 23.0 Å². The molecular formula is C18H27ClF2N2O3. The summed E-state index contributed by atoms with van der Waals surface area (Å²) in [4.78, 5) is 12.2. The van der Waals surface area contributed by atoms with E-state index in [1.165, 1.54) is 63.8 Å². The molecule has 1 aromatic rings. The van der Waals surface area contributed by atoms with Gasteiger partial charge in [0.2, 0.25) is 0 Å². The van der Waals surface area contributed by atoms with E-state index in [0.29, 0.717) is 24.7 Å². The highest BCUT2D eigenvalue weighted by Crippen LogP contribution is 2.29. The fourth-order valence-electron chi connectivity index (χ4n) is 3.04. The third kappa shape index (κ3) is 7.33. The van der Waals surface area contributed by atoms with E-state index >= 15 is 0 Å². The lowest BCUT2D eigenvalue weighted by molar-refractivity contribution is -0.0512. The van der Waals surface area contributed by atoms with Crippen molar-refractivity contribution >= 4 is 18.3 Å². The number of nitrogens with one attached hydrogen (secondary N) is 2. The molecule has 0 spiro atoms. The third-order valence-corrected chi connectivity index (χ3v) is 4.34. The van der Waals surface area contributed by atoms with Crippen LogP contribution in [-0.2, 0) is 0 Å². The second-order valence-corrected chi connectivity index (χ2v) is 6.14. The van der Waals surface area contributed by atoms with Gasteiger partial charge in [0.05, 0.1) is 7.11 Å². The van der Waals surface area contributed by atoms with Crippen LogP contribution in [0.5, 0.6) is 11.5 Å². The summed E-state index contributed by atoms with van der Waals surface area (Å²) < 4.78 is 34.0. The quantitative estimate of drug-likeness (QED) is 0.522. The first kappa shape index (κ1) is 22.4. The Labute approximate surface area is 159 Å². The summed E-state index contributed by atoms with van der Waals surface area (Å²) in [6.07, 6.45) is 7.52. The number of carbonyl (C=O) groups excluding carboxylic acids is 1. The molecule has 5 nitrogen and oxygen atoms in total. The van der Waals surface area contributed by atoms with E-state index in [0.717, 1.165) is 0 Å². The fourth-order valence-corrected chi connectivity index (χ4v) is 3.04. The summed E-state index contributed by atoms with van der Waals surface area (Å²) >= 11 is 0. The van der Waals surface area contributed by atoms with Crippen LogP contribution in [0.3, 0.4) is 0 Å². The SMILES string of the molecule is COc1cc(C(=O)NCCNC2CCCCCC2)ccc1OC(F)F.Cl. The maximum Gasteiger partial charge on any atom is 0.387 e. The summed E-state index contributed by atoms with van der Waals surface area (Å²) in [5.74, 6) is -0.266. The molecule has 0 aromatic heterocycles. The van der Waals surface area contributed by atoms with Crippen LogP contribution in [0.25, 0.3) is 0 Å². The molecule has 2 N–H and O–H groups in total. The number of benzene rings is 1. The van der Waals surface area contributed by atoms with Crippen LogP contribution in [0.4, 0.5) is 8.78 Å². The first-order chi connectivity index (χ1) is 12.1. The zero-order chi connectivity index (χ0) is 18.1. The normalized spacial score (nSPS) is 15.1. The van der Waals surface area contributed by atoms with Crippen molar-refractivity contribution in [2.24, 2.45) is 0 Å². The number of ether oxygens (including phenoxy) is 2. The highest BCUT2D eigenvalue weighted by molar-refractivity contribution is 5.94. The number of hydrogen-bond donors (Lipinski definition) is 2. The number of rotatable bonds is 8. The molecule has 1 fully saturated rings. The monoisotopic (exact) mass is 392 g/mol. The van der Waals surface area contributed by atoms with Gasteiger partial charge in [-0.1, -0.05) is 25.7 Å². The van der Waals surface area contributed by atoms with Crippen LogP contribution in [-0.4, -0.2) is 38.8 Å². The smallest absolute Gasteiger partial charge is 0.387 e. The molecule has 0 bridgehead atoms. The third-order valence-electron chi connectivity index (χ3n) is 4.34. The molecule has 1 saturated carbocycles. The van der Waals surface area contributed by atoms with Crippen molar-refractivity contribution in [3.63, 3.8) is 0 Å². The maximum absolute atomic E-state index is 12.3. The zero-order valence-electron chi connectivity index (χ0n) is 14.9. The minimum atomic E-state index is -2.94. The van der Waals surface area contributed by atoms with Gasteiger partial charge in [-0.3, -0.25) is 4.79 Å². The molecule has 1 amide bonds. The molecule has 1 aliphatic rings. The van der Waals surface area contributed by atoms with Crippen molar-refractivity contribution in [2.45, 2.75) is 51.2 Å². The Bertz CT molecular complexity index is 553. The molecule has 26 heavy (non-hydrogen) atoms. The van der Waals surface area contributed by atoms with Gasteiger partial charge in [0.1, 0.15) is 0 Å². The Morgan fingerprint density at radius 2 is 1.85 bits per heavy atom.